The third-order valence-electron chi connectivity index (χ3n) is 3.49. The van der Waals surface area contributed by atoms with Crippen molar-refractivity contribution in [2.45, 2.75) is 77.7 Å². The van der Waals surface area contributed by atoms with Crippen molar-refractivity contribution in [2.24, 2.45) is 0 Å². The minimum absolute atomic E-state index is 0.189. The maximum absolute atomic E-state index is 11.4. The normalized spacial score (nSPS) is 12.1. The molecule has 1 amide bonds. The summed E-state index contributed by atoms with van der Waals surface area (Å²) in [5.41, 5.74) is 0. The lowest BCUT2D eigenvalue weighted by molar-refractivity contribution is -0.141. The number of carbonyl (C=O) groups is 2. The molecule has 5 heteroatoms. The number of hydrogen-bond donors (Lipinski definition) is 3. The van der Waals surface area contributed by atoms with Gasteiger partial charge in [-0.05, 0) is 19.9 Å². The van der Waals surface area contributed by atoms with Crippen molar-refractivity contribution in [2.75, 3.05) is 13.1 Å². The Labute approximate surface area is 128 Å². The van der Waals surface area contributed by atoms with Crippen molar-refractivity contribution in [1.82, 2.24) is 10.6 Å². The van der Waals surface area contributed by atoms with Gasteiger partial charge < -0.3 is 15.7 Å². The number of carboxylic acids is 1. The molecular formula is C16H32N2O3. The molecule has 124 valence electrons. The highest BCUT2D eigenvalue weighted by Gasteiger charge is 2.12. The van der Waals surface area contributed by atoms with Gasteiger partial charge in [-0.2, -0.15) is 0 Å². The maximum Gasteiger partial charge on any atom is 0.325 e. The van der Waals surface area contributed by atoms with E-state index in [0.717, 1.165) is 13.0 Å². The van der Waals surface area contributed by atoms with Crippen LogP contribution < -0.4 is 10.6 Å². The van der Waals surface area contributed by atoms with Crippen molar-refractivity contribution in [3.63, 3.8) is 0 Å². The Hall–Kier alpha value is -1.10. The van der Waals surface area contributed by atoms with Gasteiger partial charge in [-0.15, -0.1) is 0 Å². The summed E-state index contributed by atoms with van der Waals surface area (Å²) in [7, 11) is 0. The van der Waals surface area contributed by atoms with E-state index in [9.17, 15) is 9.59 Å². The van der Waals surface area contributed by atoms with E-state index in [0.29, 0.717) is 0 Å². The first-order valence-electron chi connectivity index (χ1n) is 8.30. The summed E-state index contributed by atoms with van der Waals surface area (Å²) in [6, 6.07) is -0.827. The van der Waals surface area contributed by atoms with Crippen LogP contribution in [0.5, 0.6) is 0 Å². The van der Waals surface area contributed by atoms with E-state index in [1.807, 2.05) is 0 Å². The Kier molecular flexibility index (Phi) is 13.1. The van der Waals surface area contributed by atoms with Crippen LogP contribution in [0, 0.1) is 0 Å². The Bertz CT molecular complexity index is 283. The number of carbonyl (C=O) groups excluding carboxylic acids is 1. The Morgan fingerprint density at radius 1 is 0.952 bits per heavy atom. The van der Waals surface area contributed by atoms with Crippen LogP contribution in [0.3, 0.4) is 0 Å². The van der Waals surface area contributed by atoms with Crippen molar-refractivity contribution in [1.29, 1.82) is 0 Å². The average Bonchev–Trinajstić information content (AvgIpc) is 2.44. The first-order chi connectivity index (χ1) is 10.1. The monoisotopic (exact) mass is 300 g/mol. The average molecular weight is 300 g/mol. The van der Waals surface area contributed by atoms with E-state index in [-0.39, 0.29) is 12.5 Å². The van der Waals surface area contributed by atoms with Gasteiger partial charge >= 0.3 is 5.97 Å². The van der Waals surface area contributed by atoms with E-state index in [4.69, 9.17) is 5.11 Å². The fourth-order valence-corrected chi connectivity index (χ4v) is 2.12. The second kappa shape index (κ2) is 13.9. The van der Waals surface area contributed by atoms with Gasteiger partial charge in [0, 0.05) is 0 Å². The first kappa shape index (κ1) is 19.9. The molecule has 0 aromatic carbocycles. The van der Waals surface area contributed by atoms with E-state index < -0.39 is 12.0 Å². The predicted octanol–water partition coefficient (Wildman–Crippen LogP) is 2.70. The number of rotatable bonds is 14. The Morgan fingerprint density at radius 3 is 2.00 bits per heavy atom. The second-order valence-corrected chi connectivity index (χ2v) is 5.63. The first-order valence-corrected chi connectivity index (χ1v) is 8.30. The molecule has 0 aromatic rings. The Morgan fingerprint density at radius 2 is 1.48 bits per heavy atom. The van der Waals surface area contributed by atoms with Gasteiger partial charge in [0.2, 0.25) is 5.91 Å². The van der Waals surface area contributed by atoms with Gasteiger partial charge in [0.15, 0.2) is 0 Å². The molecule has 1 atom stereocenters. The smallest absolute Gasteiger partial charge is 0.325 e. The molecule has 3 N–H and O–H groups in total. The van der Waals surface area contributed by atoms with Gasteiger partial charge in [0.05, 0.1) is 6.54 Å². The molecular weight excluding hydrogens is 268 g/mol. The molecule has 0 aliphatic rings. The van der Waals surface area contributed by atoms with Crippen LogP contribution in [0.1, 0.15) is 71.6 Å². The number of unbranched alkanes of at least 4 members (excludes halogenated alkanes) is 8. The molecule has 0 heterocycles. The zero-order valence-electron chi connectivity index (χ0n) is 13.6. The maximum atomic E-state index is 11.4. The second-order valence-electron chi connectivity index (χ2n) is 5.63. The molecule has 0 aliphatic heterocycles. The largest absolute Gasteiger partial charge is 0.480 e. The fraction of sp³-hybridized carbons (Fsp3) is 0.875. The van der Waals surface area contributed by atoms with Crippen LogP contribution in [0.2, 0.25) is 0 Å². The van der Waals surface area contributed by atoms with Gasteiger partial charge in [0.25, 0.3) is 0 Å². The van der Waals surface area contributed by atoms with Crippen LogP contribution in [-0.4, -0.2) is 36.1 Å². The van der Waals surface area contributed by atoms with Gasteiger partial charge in [-0.3, -0.25) is 9.59 Å². The van der Waals surface area contributed by atoms with Gasteiger partial charge in [-0.25, -0.2) is 0 Å². The number of nitrogens with one attached hydrogen (secondary N) is 2. The summed E-state index contributed by atoms with van der Waals surface area (Å²) in [5.74, 6) is -1.27. The molecule has 0 spiro atoms. The van der Waals surface area contributed by atoms with E-state index >= 15 is 0 Å². The molecule has 0 bridgehead atoms. The topological polar surface area (TPSA) is 78.4 Å². The van der Waals surface area contributed by atoms with Crippen LogP contribution in [-0.2, 0) is 9.59 Å². The Balaban J connectivity index is 3.25. The fourth-order valence-electron chi connectivity index (χ4n) is 2.12. The minimum Gasteiger partial charge on any atom is -0.480 e. The molecule has 0 aliphatic carbocycles. The molecule has 0 unspecified atom stereocenters. The molecule has 21 heavy (non-hydrogen) atoms. The minimum atomic E-state index is -1.01. The van der Waals surface area contributed by atoms with Crippen molar-refractivity contribution < 1.29 is 14.7 Å². The zero-order chi connectivity index (χ0) is 15.9. The molecule has 0 saturated heterocycles. The van der Waals surface area contributed by atoms with Crippen LogP contribution in [0.15, 0.2) is 0 Å². The van der Waals surface area contributed by atoms with Crippen LogP contribution in [0.4, 0.5) is 0 Å². The van der Waals surface area contributed by atoms with E-state index in [1.165, 1.54) is 58.3 Å². The molecule has 0 rings (SSSR count). The zero-order valence-corrected chi connectivity index (χ0v) is 13.6. The van der Waals surface area contributed by atoms with Crippen molar-refractivity contribution in [3.8, 4) is 0 Å². The lowest BCUT2D eigenvalue weighted by Gasteiger charge is -2.09. The molecule has 0 aromatic heterocycles. The SMILES string of the molecule is CCCCCCCCCCCNCC(=O)N[C@@H](C)C(=O)O. The number of amides is 1. The molecule has 5 nitrogen and oxygen atoms in total. The van der Waals surface area contributed by atoms with Crippen molar-refractivity contribution >= 4 is 11.9 Å². The number of hydrogen-bond acceptors (Lipinski definition) is 3. The highest BCUT2D eigenvalue weighted by Crippen LogP contribution is 2.09. The highest BCUT2D eigenvalue weighted by molar-refractivity contribution is 5.84. The van der Waals surface area contributed by atoms with E-state index in [2.05, 4.69) is 17.6 Å². The number of carboxylic acid groups (broad SMARTS) is 1. The van der Waals surface area contributed by atoms with Crippen molar-refractivity contribution in [3.05, 3.63) is 0 Å². The summed E-state index contributed by atoms with van der Waals surface area (Å²) in [6.45, 7) is 4.69. The van der Waals surface area contributed by atoms with Crippen LogP contribution in [0.25, 0.3) is 0 Å². The van der Waals surface area contributed by atoms with Gasteiger partial charge in [0.1, 0.15) is 6.04 Å². The molecule has 0 fully saturated rings. The highest BCUT2D eigenvalue weighted by atomic mass is 16.4. The lowest BCUT2D eigenvalue weighted by Crippen LogP contribution is -2.42. The van der Waals surface area contributed by atoms with E-state index in [1.54, 1.807) is 0 Å². The molecule has 0 saturated carbocycles. The quantitative estimate of drug-likeness (QED) is 0.431. The lowest BCUT2D eigenvalue weighted by atomic mass is 10.1. The van der Waals surface area contributed by atoms with Gasteiger partial charge in [-0.1, -0.05) is 58.3 Å². The summed E-state index contributed by atoms with van der Waals surface area (Å²) < 4.78 is 0. The predicted molar refractivity (Wildman–Crippen MR) is 85.3 cm³/mol. The molecule has 0 radical (unpaired) electrons. The van der Waals surface area contributed by atoms with Crippen LogP contribution >= 0.6 is 0 Å². The summed E-state index contributed by atoms with van der Waals surface area (Å²) in [4.78, 5) is 21.9. The third kappa shape index (κ3) is 13.6. The summed E-state index contributed by atoms with van der Waals surface area (Å²) >= 11 is 0. The summed E-state index contributed by atoms with van der Waals surface area (Å²) in [5, 5.41) is 14.1. The number of aliphatic carboxylic acids is 1. The standard InChI is InChI=1S/C16H32N2O3/c1-3-4-5-6-7-8-9-10-11-12-17-13-15(19)18-14(2)16(20)21/h14,17H,3-13H2,1-2H3,(H,18,19)(H,20,21)/t14-/m0/s1. The third-order valence-corrected chi connectivity index (χ3v) is 3.49. The summed E-state index contributed by atoms with van der Waals surface area (Å²) in [6.07, 6.45) is 11.5.